The number of aliphatic hydroxyl groups excluding tert-OH is 1. The molecule has 0 aliphatic carbocycles. The number of nitrogens with zero attached hydrogens (tertiary/aromatic N) is 3. The van der Waals surface area contributed by atoms with Gasteiger partial charge in [0.1, 0.15) is 29.9 Å². The van der Waals surface area contributed by atoms with Crippen LogP contribution in [0.1, 0.15) is 23.8 Å². The Morgan fingerprint density at radius 1 is 1.22 bits per heavy atom. The zero-order valence-corrected chi connectivity index (χ0v) is 17.4. The van der Waals surface area contributed by atoms with Crippen LogP contribution in [0.15, 0.2) is 84.0 Å². The molecule has 4 rings (SSSR count). The summed E-state index contributed by atoms with van der Waals surface area (Å²) in [5.41, 5.74) is 0.413. The average Bonchev–Trinajstić information content (AvgIpc) is 3.56. The summed E-state index contributed by atoms with van der Waals surface area (Å²) in [6, 6.07) is 9.22. The lowest BCUT2D eigenvalue weighted by atomic mass is 9.99. The van der Waals surface area contributed by atoms with Crippen LogP contribution >= 0.6 is 0 Å². The topological polar surface area (TPSA) is 97.8 Å². The van der Waals surface area contributed by atoms with Gasteiger partial charge in [-0.25, -0.2) is 4.98 Å². The number of hydrogen-bond acceptors (Lipinski definition) is 6. The summed E-state index contributed by atoms with van der Waals surface area (Å²) in [7, 11) is 0. The molecule has 1 atom stereocenters. The van der Waals surface area contributed by atoms with Crippen LogP contribution in [0, 0.1) is 0 Å². The first-order chi connectivity index (χ1) is 15.6. The van der Waals surface area contributed by atoms with Crippen molar-refractivity contribution in [1.29, 1.82) is 0 Å². The lowest BCUT2D eigenvalue weighted by molar-refractivity contribution is -0.140. The van der Waals surface area contributed by atoms with Crippen LogP contribution in [0.5, 0.6) is 5.75 Å². The van der Waals surface area contributed by atoms with Gasteiger partial charge in [0.25, 0.3) is 11.7 Å². The molecule has 1 N–H and O–H groups in total. The molecular weight excluding hydrogens is 410 g/mol. The number of aliphatic hydroxyl groups is 1. The first kappa shape index (κ1) is 21.2. The Bertz CT molecular complexity index is 1120. The molecule has 164 valence electrons. The molecule has 1 saturated heterocycles. The number of carbonyl (C=O) groups is 2. The van der Waals surface area contributed by atoms with Crippen molar-refractivity contribution < 1.29 is 23.8 Å². The van der Waals surface area contributed by atoms with Gasteiger partial charge < -0.3 is 23.7 Å². The van der Waals surface area contributed by atoms with Gasteiger partial charge in [-0.15, -0.1) is 0 Å². The van der Waals surface area contributed by atoms with E-state index < -0.39 is 17.7 Å². The van der Waals surface area contributed by atoms with E-state index >= 15 is 0 Å². The van der Waals surface area contributed by atoms with E-state index in [1.54, 1.807) is 55.0 Å². The molecule has 1 unspecified atom stereocenters. The minimum Gasteiger partial charge on any atom is -0.507 e. The van der Waals surface area contributed by atoms with E-state index in [-0.39, 0.29) is 11.3 Å². The van der Waals surface area contributed by atoms with Crippen molar-refractivity contribution in [3.8, 4) is 5.75 Å². The molecule has 1 aromatic carbocycles. The van der Waals surface area contributed by atoms with Gasteiger partial charge in [-0.2, -0.15) is 0 Å². The zero-order chi connectivity index (χ0) is 22.5. The second kappa shape index (κ2) is 9.38. The highest BCUT2D eigenvalue weighted by Crippen LogP contribution is 2.39. The number of carbonyl (C=O) groups excluding carboxylic acids is 2. The molecule has 8 heteroatoms. The number of Topliss-reactive ketones (excluding diaryl/α,β-unsaturated/α-hetero) is 1. The van der Waals surface area contributed by atoms with Crippen molar-refractivity contribution in [2.75, 3.05) is 13.2 Å². The van der Waals surface area contributed by atoms with Crippen molar-refractivity contribution in [3.05, 3.63) is 90.9 Å². The first-order valence-electron chi connectivity index (χ1n) is 10.2. The van der Waals surface area contributed by atoms with E-state index in [4.69, 9.17) is 9.15 Å². The third-order valence-electron chi connectivity index (χ3n) is 5.22. The van der Waals surface area contributed by atoms with Gasteiger partial charge in [0.15, 0.2) is 0 Å². The Morgan fingerprint density at radius 2 is 2.03 bits per heavy atom. The third kappa shape index (κ3) is 4.20. The van der Waals surface area contributed by atoms with E-state index in [9.17, 15) is 14.7 Å². The lowest BCUT2D eigenvalue weighted by Gasteiger charge is -2.23. The largest absolute Gasteiger partial charge is 0.507 e. The molecule has 1 aliphatic rings. The predicted octanol–water partition coefficient (Wildman–Crippen LogP) is 3.55. The summed E-state index contributed by atoms with van der Waals surface area (Å²) in [4.78, 5) is 31.3. The molecule has 0 radical (unpaired) electrons. The van der Waals surface area contributed by atoms with E-state index in [1.807, 2.05) is 10.8 Å². The molecule has 3 aromatic rings. The Labute approximate surface area is 185 Å². The smallest absolute Gasteiger partial charge is 0.295 e. The normalized spacial score (nSPS) is 17.6. The molecule has 1 fully saturated rings. The highest BCUT2D eigenvalue weighted by atomic mass is 16.5. The van der Waals surface area contributed by atoms with Crippen molar-refractivity contribution in [2.24, 2.45) is 0 Å². The molecule has 8 nitrogen and oxygen atoms in total. The number of furan rings is 1. The molecule has 2 aromatic heterocycles. The first-order valence-corrected chi connectivity index (χ1v) is 10.2. The van der Waals surface area contributed by atoms with Gasteiger partial charge in [-0.3, -0.25) is 9.59 Å². The Hall–Kier alpha value is -4.07. The number of amides is 1. The van der Waals surface area contributed by atoms with Gasteiger partial charge in [0.05, 0.1) is 18.2 Å². The monoisotopic (exact) mass is 433 g/mol. The van der Waals surface area contributed by atoms with Gasteiger partial charge in [0.2, 0.25) is 0 Å². The van der Waals surface area contributed by atoms with Crippen LogP contribution < -0.4 is 4.74 Å². The number of benzene rings is 1. The lowest BCUT2D eigenvalue weighted by Crippen LogP contribution is -2.31. The second-order valence-corrected chi connectivity index (χ2v) is 7.29. The molecule has 0 saturated carbocycles. The highest BCUT2D eigenvalue weighted by molar-refractivity contribution is 6.46. The number of hydrogen-bond donors (Lipinski definition) is 1. The molecule has 0 spiro atoms. The maximum Gasteiger partial charge on any atom is 0.295 e. The fourth-order valence-corrected chi connectivity index (χ4v) is 3.72. The van der Waals surface area contributed by atoms with Gasteiger partial charge in [-0.1, -0.05) is 12.7 Å². The number of likely N-dealkylation sites (tertiary alicyclic amines) is 1. The number of imidazole rings is 1. The SMILES string of the molecule is C=CCOc1ccc(C(O)=C2C(=O)C(=O)N(CCCn3ccnc3)C2c2ccco2)cc1. The molecule has 0 bridgehead atoms. The molecule has 1 aliphatic heterocycles. The average molecular weight is 433 g/mol. The molecular formula is C24H23N3O5. The summed E-state index contributed by atoms with van der Waals surface area (Å²) in [5, 5.41) is 11.0. The fourth-order valence-electron chi connectivity index (χ4n) is 3.72. The minimum absolute atomic E-state index is 0.00680. The fraction of sp³-hybridized carbons (Fsp3) is 0.208. The van der Waals surface area contributed by atoms with Gasteiger partial charge in [-0.05, 0) is 42.8 Å². The van der Waals surface area contributed by atoms with Gasteiger partial charge in [0, 0.05) is 31.0 Å². The summed E-state index contributed by atoms with van der Waals surface area (Å²) in [6.07, 6.45) is 8.93. The summed E-state index contributed by atoms with van der Waals surface area (Å²) in [6.45, 7) is 4.92. The minimum atomic E-state index is -0.801. The Balaban J connectivity index is 1.64. The summed E-state index contributed by atoms with van der Waals surface area (Å²) in [5.74, 6) is -0.636. The van der Waals surface area contributed by atoms with Crippen LogP contribution in [0.4, 0.5) is 0 Å². The quantitative estimate of drug-likeness (QED) is 0.240. The Kier molecular flexibility index (Phi) is 6.21. The Morgan fingerprint density at radius 3 is 2.69 bits per heavy atom. The van der Waals surface area contributed by atoms with Crippen LogP contribution in [0.3, 0.4) is 0 Å². The number of ether oxygens (including phenoxy) is 1. The maximum absolute atomic E-state index is 12.9. The third-order valence-corrected chi connectivity index (χ3v) is 5.22. The van der Waals surface area contributed by atoms with Crippen molar-refractivity contribution in [3.63, 3.8) is 0 Å². The van der Waals surface area contributed by atoms with Crippen LogP contribution in [0.25, 0.3) is 5.76 Å². The standard InChI is InChI=1S/C24H23N3O5/c1-2-14-31-18-8-6-17(7-9-18)22(28)20-21(19-5-3-15-32-19)27(24(30)23(20)29)12-4-11-26-13-10-25-16-26/h2-3,5-10,13,15-16,21,28H,1,4,11-12,14H2. The van der Waals surface area contributed by atoms with Crippen molar-refractivity contribution >= 4 is 17.4 Å². The van der Waals surface area contributed by atoms with E-state index in [2.05, 4.69) is 11.6 Å². The van der Waals surface area contributed by atoms with Gasteiger partial charge >= 0.3 is 0 Å². The highest BCUT2D eigenvalue weighted by Gasteiger charge is 2.47. The number of aromatic nitrogens is 2. The number of aryl methyl sites for hydroxylation is 1. The number of ketones is 1. The summed E-state index contributed by atoms with van der Waals surface area (Å²) >= 11 is 0. The second-order valence-electron chi connectivity index (χ2n) is 7.29. The number of rotatable bonds is 9. The predicted molar refractivity (Wildman–Crippen MR) is 117 cm³/mol. The summed E-state index contributed by atoms with van der Waals surface area (Å²) < 4.78 is 12.9. The van der Waals surface area contributed by atoms with Crippen molar-refractivity contribution in [2.45, 2.75) is 19.0 Å². The van der Waals surface area contributed by atoms with Crippen LogP contribution in [0.2, 0.25) is 0 Å². The van der Waals surface area contributed by atoms with Crippen LogP contribution in [-0.4, -0.2) is 44.4 Å². The van der Waals surface area contributed by atoms with Crippen LogP contribution in [-0.2, 0) is 16.1 Å². The van der Waals surface area contributed by atoms with E-state index in [1.165, 1.54) is 11.2 Å². The molecule has 3 heterocycles. The van der Waals surface area contributed by atoms with E-state index in [0.29, 0.717) is 43.2 Å². The van der Waals surface area contributed by atoms with Crippen molar-refractivity contribution in [1.82, 2.24) is 14.5 Å². The zero-order valence-electron chi connectivity index (χ0n) is 17.4. The van der Waals surface area contributed by atoms with E-state index in [0.717, 1.165) is 0 Å². The molecule has 1 amide bonds. The molecule has 32 heavy (non-hydrogen) atoms. The maximum atomic E-state index is 12.9.